The van der Waals surface area contributed by atoms with E-state index in [1.807, 2.05) is 0 Å². The lowest BCUT2D eigenvalue weighted by Crippen LogP contribution is -2.20. The number of pyridine rings is 1. The highest BCUT2D eigenvalue weighted by atomic mass is 35.5. The van der Waals surface area contributed by atoms with E-state index in [0.717, 1.165) is 24.3 Å². The highest BCUT2D eigenvalue weighted by Crippen LogP contribution is 2.30. The summed E-state index contributed by atoms with van der Waals surface area (Å²) < 4.78 is 42.3. The Balaban J connectivity index is 1.90. The van der Waals surface area contributed by atoms with Crippen LogP contribution in [-0.4, -0.2) is 17.5 Å². The van der Waals surface area contributed by atoms with Gasteiger partial charge in [-0.25, -0.2) is 4.98 Å². The zero-order chi connectivity index (χ0) is 16.2. The highest BCUT2D eigenvalue weighted by molar-refractivity contribution is 6.32. The third-order valence-electron chi connectivity index (χ3n) is 2.58. The molecule has 0 bridgehead atoms. The van der Waals surface area contributed by atoms with Crippen LogP contribution < -0.4 is 10.1 Å². The van der Waals surface area contributed by atoms with E-state index in [9.17, 15) is 18.0 Å². The first-order valence-corrected chi connectivity index (χ1v) is 6.44. The van der Waals surface area contributed by atoms with Crippen LogP contribution in [0.15, 0.2) is 42.6 Å². The van der Waals surface area contributed by atoms with E-state index in [1.165, 1.54) is 6.20 Å². The Morgan fingerprint density at radius 1 is 1.23 bits per heavy atom. The number of hydrogen-bond acceptors (Lipinski definition) is 3. The van der Waals surface area contributed by atoms with Crippen molar-refractivity contribution in [2.24, 2.45) is 0 Å². The van der Waals surface area contributed by atoms with Gasteiger partial charge in [-0.15, -0.1) is 0 Å². The number of rotatable bonds is 4. The van der Waals surface area contributed by atoms with E-state index in [1.54, 1.807) is 12.1 Å². The van der Waals surface area contributed by atoms with Crippen LogP contribution >= 0.6 is 11.6 Å². The molecule has 0 saturated carbocycles. The van der Waals surface area contributed by atoms with Crippen LogP contribution in [0.2, 0.25) is 5.15 Å². The summed E-state index contributed by atoms with van der Waals surface area (Å²) in [5, 5.41) is 2.61. The third-order valence-corrected chi connectivity index (χ3v) is 2.89. The van der Waals surface area contributed by atoms with E-state index < -0.39 is 17.6 Å². The first kappa shape index (κ1) is 16.1. The summed E-state index contributed by atoms with van der Waals surface area (Å²) in [6.07, 6.45) is -2.94. The predicted octanol–water partition coefficient (Wildman–Crippen LogP) is 3.77. The van der Waals surface area contributed by atoms with Gasteiger partial charge in [0.15, 0.2) is 11.8 Å². The number of alkyl halides is 3. The average Bonchev–Trinajstić information content (AvgIpc) is 2.47. The lowest BCUT2D eigenvalue weighted by atomic mass is 10.2. The fourth-order valence-corrected chi connectivity index (χ4v) is 1.72. The van der Waals surface area contributed by atoms with Crippen LogP contribution in [0.3, 0.4) is 0 Å². The Morgan fingerprint density at radius 3 is 2.50 bits per heavy atom. The van der Waals surface area contributed by atoms with Gasteiger partial charge >= 0.3 is 6.18 Å². The van der Waals surface area contributed by atoms with Gasteiger partial charge in [0.05, 0.1) is 11.3 Å². The van der Waals surface area contributed by atoms with Gasteiger partial charge in [0.1, 0.15) is 5.75 Å². The summed E-state index contributed by atoms with van der Waals surface area (Å²) in [7, 11) is 0. The van der Waals surface area contributed by atoms with Crippen LogP contribution in [0.5, 0.6) is 5.75 Å². The Kier molecular flexibility index (Phi) is 4.87. The number of carbonyl (C=O) groups is 1. The number of anilines is 1. The molecule has 0 aliphatic heterocycles. The fraction of sp³-hybridized carbons (Fsp3) is 0.143. The van der Waals surface area contributed by atoms with Crippen LogP contribution in [0.4, 0.5) is 18.9 Å². The van der Waals surface area contributed by atoms with Crippen molar-refractivity contribution in [3.63, 3.8) is 0 Å². The van der Waals surface area contributed by atoms with Gasteiger partial charge in [0, 0.05) is 6.20 Å². The molecule has 22 heavy (non-hydrogen) atoms. The summed E-state index contributed by atoms with van der Waals surface area (Å²) >= 11 is 5.77. The number of ether oxygens (including phenoxy) is 1. The first-order valence-electron chi connectivity index (χ1n) is 6.06. The number of halogens is 4. The zero-order valence-corrected chi connectivity index (χ0v) is 11.8. The van der Waals surface area contributed by atoms with Crippen molar-refractivity contribution in [2.45, 2.75) is 6.18 Å². The second kappa shape index (κ2) is 6.65. The molecule has 0 aliphatic carbocycles. The van der Waals surface area contributed by atoms with Crippen molar-refractivity contribution in [1.29, 1.82) is 0 Å². The van der Waals surface area contributed by atoms with Gasteiger partial charge in [0.25, 0.3) is 5.91 Å². The molecule has 0 fully saturated rings. The molecule has 116 valence electrons. The molecular weight excluding hydrogens is 321 g/mol. The Morgan fingerprint density at radius 2 is 1.91 bits per heavy atom. The normalized spacial score (nSPS) is 11.1. The molecule has 0 aliphatic rings. The monoisotopic (exact) mass is 330 g/mol. The third kappa shape index (κ3) is 4.36. The second-order valence-electron chi connectivity index (χ2n) is 4.20. The molecule has 2 rings (SSSR count). The molecule has 1 N–H and O–H groups in total. The van der Waals surface area contributed by atoms with Gasteiger partial charge in [-0.2, -0.15) is 13.2 Å². The maximum atomic E-state index is 12.4. The Hall–Kier alpha value is -2.28. The van der Waals surface area contributed by atoms with E-state index in [0.29, 0.717) is 5.69 Å². The van der Waals surface area contributed by atoms with Crippen LogP contribution in [-0.2, 0) is 11.0 Å². The maximum absolute atomic E-state index is 12.4. The molecule has 1 amide bonds. The van der Waals surface area contributed by atoms with Gasteiger partial charge in [-0.1, -0.05) is 11.6 Å². The Bertz CT molecular complexity index is 660. The number of aromatic nitrogens is 1. The first-order chi connectivity index (χ1) is 10.4. The fourth-order valence-electron chi connectivity index (χ4n) is 1.55. The van der Waals surface area contributed by atoms with Crippen molar-refractivity contribution in [1.82, 2.24) is 4.98 Å². The van der Waals surface area contributed by atoms with Crippen molar-refractivity contribution in [3.05, 3.63) is 53.3 Å². The SMILES string of the molecule is O=C(COc1ccc(C(F)(F)F)cc1)Nc1cccnc1Cl. The molecule has 1 aromatic heterocycles. The maximum Gasteiger partial charge on any atom is 0.416 e. The van der Waals surface area contributed by atoms with E-state index in [-0.39, 0.29) is 17.5 Å². The molecule has 1 heterocycles. The quantitative estimate of drug-likeness (QED) is 0.868. The largest absolute Gasteiger partial charge is 0.484 e. The summed E-state index contributed by atoms with van der Waals surface area (Å²) in [5.41, 5.74) is -0.461. The zero-order valence-electron chi connectivity index (χ0n) is 11.0. The predicted molar refractivity (Wildman–Crippen MR) is 74.8 cm³/mol. The number of nitrogens with zero attached hydrogens (tertiary/aromatic N) is 1. The number of amides is 1. The van der Waals surface area contributed by atoms with Crippen LogP contribution in [0.25, 0.3) is 0 Å². The van der Waals surface area contributed by atoms with Gasteiger partial charge in [-0.05, 0) is 36.4 Å². The summed E-state index contributed by atoms with van der Waals surface area (Å²) in [5.74, 6) is -0.352. The molecule has 2 aromatic rings. The molecule has 0 unspecified atom stereocenters. The van der Waals surface area contributed by atoms with Crippen LogP contribution in [0, 0.1) is 0 Å². The van der Waals surface area contributed by atoms with E-state index in [4.69, 9.17) is 16.3 Å². The standard InChI is InChI=1S/C14H10ClF3N2O2/c15-13-11(2-1-7-19-13)20-12(21)8-22-10-5-3-9(4-6-10)14(16,17)18/h1-7H,8H2,(H,20,21). The molecule has 8 heteroatoms. The number of nitrogens with one attached hydrogen (secondary N) is 1. The van der Waals surface area contributed by atoms with Crippen molar-refractivity contribution >= 4 is 23.2 Å². The lowest BCUT2D eigenvalue weighted by molar-refractivity contribution is -0.137. The molecule has 4 nitrogen and oxygen atoms in total. The highest BCUT2D eigenvalue weighted by Gasteiger charge is 2.30. The van der Waals surface area contributed by atoms with Crippen LogP contribution in [0.1, 0.15) is 5.56 Å². The van der Waals surface area contributed by atoms with Gasteiger partial charge in [0.2, 0.25) is 0 Å². The minimum absolute atomic E-state index is 0.130. The average molecular weight is 331 g/mol. The smallest absolute Gasteiger partial charge is 0.416 e. The summed E-state index contributed by atoms with van der Waals surface area (Å²) in [6, 6.07) is 7.21. The van der Waals surface area contributed by atoms with E-state index >= 15 is 0 Å². The number of hydrogen-bond donors (Lipinski definition) is 1. The summed E-state index contributed by atoms with van der Waals surface area (Å²) in [6.45, 7) is -0.364. The number of carbonyl (C=O) groups excluding carboxylic acids is 1. The summed E-state index contributed by atoms with van der Waals surface area (Å²) in [4.78, 5) is 15.4. The van der Waals surface area contributed by atoms with E-state index in [2.05, 4.69) is 10.3 Å². The minimum atomic E-state index is -4.41. The van der Waals surface area contributed by atoms with Crippen molar-refractivity contribution < 1.29 is 22.7 Å². The minimum Gasteiger partial charge on any atom is -0.484 e. The van der Waals surface area contributed by atoms with Gasteiger partial charge < -0.3 is 10.1 Å². The molecule has 1 aromatic carbocycles. The molecule has 0 saturated heterocycles. The molecular formula is C14H10ClF3N2O2. The second-order valence-corrected chi connectivity index (χ2v) is 4.56. The van der Waals surface area contributed by atoms with Crippen molar-refractivity contribution in [3.8, 4) is 5.75 Å². The van der Waals surface area contributed by atoms with Gasteiger partial charge in [-0.3, -0.25) is 4.79 Å². The Labute approximate surface area is 128 Å². The number of benzene rings is 1. The molecule has 0 radical (unpaired) electrons. The van der Waals surface area contributed by atoms with Crippen molar-refractivity contribution in [2.75, 3.05) is 11.9 Å². The topological polar surface area (TPSA) is 51.2 Å². The molecule has 0 atom stereocenters. The molecule has 0 spiro atoms. The lowest BCUT2D eigenvalue weighted by Gasteiger charge is -2.10.